The van der Waals surface area contributed by atoms with Gasteiger partial charge in [0, 0.05) is 32.5 Å². The normalized spacial score (nSPS) is 28.4. The molecule has 0 aromatic heterocycles. The zero-order valence-corrected chi connectivity index (χ0v) is 9.48. The summed E-state index contributed by atoms with van der Waals surface area (Å²) in [6.07, 6.45) is 4.71. The van der Waals surface area contributed by atoms with Crippen molar-refractivity contribution >= 4 is 11.6 Å². The standard InChI is InChI=1S/C11H19N3O2/c15-11-10(3-1-2-6-12-11)14-7-4-9(13-16)5-8-14/h10,16H,1-8H2,(H,12,15). The van der Waals surface area contributed by atoms with Gasteiger partial charge in [-0.2, -0.15) is 0 Å². The maximum Gasteiger partial charge on any atom is 0.237 e. The number of carbonyl (C=O) groups is 1. The van der Waals surface area contributed by atoms with Gasteiger partial charge in [-0.05, 0) is 19.3 Å². The maximum atomic E-state index is 11.8. The molecule has 0 aromatic carbocycles. The number of likely N-dealkylation sites (tertiary alicyclic amines) is 1. The number of rotatable bonds is 1. The van der Waals surface area contributed by atoms with Gasteiger partial charge in [0.2, 0.25) is 5.91 Å². The van der Waals surface area contributed by atoms with E-state index in [1.54, 1.807) is 0 Å². The Hall–Kier alpha value is -1.10. The van der Waals surface area contributed by atoms with Crippen LogP contribution < -0.4 is 5.32 Å². The molecule has 90 valence electrons. The van der Waals surface area contributed by atoms with Crippen LogP contribution in [0.3, 0.4) is 0 Å². The van der Waals surface area contributed by atoms with Crippen LogP contribution in [0.15, 0.2) is 5.16 Å². The van der Waals surface area contributed by atoms with Gasteiger partial charge < -0.3 is 10.5 Å². The Morgan fingerprint density at radius 3 is 2.75 bits per heavy atom. The lowest BCUT2D eigenvalue weighted by molar-refractivity contribution is -0.126. The smallest absolute Gasteiger partial charge is 0.237 e. The molecule has 1 atom stereocenters. The fourth-order valence-electron chi connectivity index (χ4n) is 2.47. The van der Waals surface area contributed by atoms with Gasteiger partial charge in [-0.25, -0.2) is 0 Å². The van der Waals surface area contributed by atoms with Gasteiger partial charge >= 0.3 is 0 Å². The largest absolute Gasteiger partial charge is 0.411 e. The molecule has 2 aliphatic heterocycles. The van der Waals surface area contributed by atoms with Crippen LogP contribution in [0.2, 0.25) is 0 Å². The zero-order valence-electron chi connectivity index (χ0n) is 9.48. The molecule has 1 unspecified atom stereocenters. The predicted octanol–water partition coefficient (Wildman–Crippen LogP) is 0.581. The number of oxime groups is 1. The number of amides is 1. The van der Waals surface area contributed by atoms with E-state index >= 15 is 0 Å². The Morgan fingerprint density at radius 2 is 2.06 bits per heavy atom. The second-order valence-corrected chi connectivity index (χ2v) is 4.50. The third-order valence-electron chi connectivity index (χ3n) is 3.46. The van der Waals surface area contributed by atoms with Crippen molar-refractivity contribution in [3.8, 4) is 0 Å². The molecule has 16 heavy (non-hydrogen) atoms. The highest BCUT2D eigenvalue weighted by Gasteiger charge is 2.29. The molecule has 1 amide bonds. The molecule has 0 saturated carbocycles. The quantitative estimate of drug-likeness (QED) is 0.507. The zero-order chi connectivity index (χ0) is 11.4. The molecule has 2 heterocycles. The summed E-state index contributed by atoms with van der Waals surface area (Å²) in [5.74, 6) is 0.168. The van der Waals surface area contributed by atoms with Gasteiger partial charge in [-0.15, -0.1) is 0 Å². The average molecular weight is 225 g/mol. The van der Waals surface area contributed by atoms with Crippen LogP contribution in [-0.2, 0) is 4.79 Å². The van der Waals surface area contributed by atoms with Crippen LogP contribution in [0.4, 0.5) is 0 Å². The third kappa shape index (κ3) is 2.52. The van der Waals surface area contributed by atoms with E-state index in [4.69, 9.17) is 5.21 Å². The predicted molar refractivity (Wildman–Crippen MR) is 60.7 cm³/mol. The lowest BCUT2D eigenvalue weighted by atomic mass is 10.0. The van der Waals surface area contributed by atoms with E-state index in [9.17, 15) is 4.79 Å². The van der Waals surface area contributed by atoms with E-state index in [2.05, 4.69) is 15.4 Å². The summed E-state index contributed by atoms with van der Waals surface area (Å²) >= 11 is 0. The molecule has 0 radical (unpaired) electrons. The van der Waals surface area contributed by atoms with Gasteiger partial charge in [0.15, 0.2) is 0 Å². The van der Waals surface area contributed by atoms with Crippen molar-refractivity contribution in [1.29, 1.82) is 0 Å². The average Bonchev–Trinajstić information content (AvgIpc) is 2.54. The number of piperidine rings is 1. The van der Waals surface area contributed by atoms with Crippen molar-refractivity contribution in [3.63, 3.8) is 0 Å². The summed E-state index contributed by atoms with van der Waals surface area (Å²) in [7, 11) is 0. The van der Waals surface area contributed by atoms with Crippen LogP contribution in [-0.4, -0.2) is 47.4 Å². The monoisotopic (exact) mass is 225 g/mol. The van der Waals surface area contributed by atoms with Crippen molar-refractivity contribution in [3.05, 3.63) is 0 Å². The minimum Gasteiger partial charge on any atom is -0.411 e. The summed E-state index contributed by atoms with van der Waals surface area (Å²) in [4.78, 5) is 14.0. The van der Waals surface area contributed by atoms with Gasteiger partial charge in [-0.1, -0.05) is 5.16 Å². The Morgan fingerprint density at radius 1 is 1.31 bits per heavy atom. The van der Waals surface area contributed by atoms with Crippen molar-refractivity contribution < 1.29 is 10.0 Å². The van der Waals surface area contributed by atoms with E-state index < -0.39 is 0 Å². The Kier molecular flexibility index (Phi) is 3.77. The fourth-order valence-corrected chi connectivity index (χ4v) is 2.47. The van der Waals surface area contributed by atoms with E-state index in [0.29, 0.717) is 0 Å². The van der Waals surface area contributed by atoms with Gasteiger partial charge in [0.1, 0.15) is 0 Å². The second kappa shape index (κ2) is 5.30. The van der Waals surface area contributed by atoms with Crippen molar-refractivity contribution in [1.82, 2.24) is 10.2 Å². The molecule has 2 fully saturated rings. The Bertz CT molecular complexity index is 281. The Labute approximate surface area is 95.5 Å². The number of hydrogen-bond acceptors (Lipinski definition) is 4. The lowest BCUT2D eigenvalue weighted by Gasteiger charge is -2.32. The molecular formula is C11H19N3O2. The van der Waals surface area contributed by atoms with E-state index in [1.807, 2.05) is 0 Å². The first-order valence-electron chi connectivity index (χ1n) is 6.03. The first-order valence-corrected chi connectivity index (χ1v) is 6.03. The molecule has 2 saturated heterocycles. The van der Waals surface area contributed by atoms with Gasteiger partial charge in [-0.3, -0.25) is 9.69 Å². The highest BCUT2D eigenvalue weighted by atomic mass is 16.4. The SMILES string of the molecule is O=C1NCCCCC1N1CCC(=NO)CC1. The summed E-state index contributed by atoms with van der Waals surface area (Å²) in [5.41, 5.74) is 0.852. The highest BCUT2D eigenvalue weighted by Crippen LogP contribution is 2.17. The summed E-state index contributed by atoms with van der Waals surface area (Å²) < 4.78 is 0. The number of nitrogens with zero attached hydrogens (tertiary/aromatic N) is 2. The van der Waals surface area contributed by atoms with Crippen LogP contribution in [0.1, 0.15) is 32.1 Å². The van der Waals surface area contributed by atoms with E-state index in [1.165, 1.54) is 0 Å². The highest BCUT2D eigenvalue weighted by molar-refractivity contribution is 5.86. The summed E-state index contributed by atoms with van der Waals surface area (Å²) in [6, 6.07) is 0.0303. The second-order valence-electron chi connectivity index (χ2n) is 4.50. The number of nitrogens with one attached hydrogen (secondary N) is 1. The van der Waals surface area contributed by atoms with Gasteiger partial charge in [0.05, 0.1) is 11.8 Å². The molecule has 5 heteroatoms. The van der Waals surface area contributed by atoms with Crippen molar-refractivity contribution in [2.75, 3.05) is 19.6 Å². The molecule has 0 spiro atoms. The fraction of sp³-hybridized carbons (Fsp3) is 0.818. The molecule has 0 aromatic rings. The first-order chi connectivity index (χ1) is 7.81. The van der Waals surface area contributed by atoms with Crippen LogP contribution in [0, 0.1) is 0 Å². The van der Waals surface area contributed by atoms with Gasteiger partial charge in [0.25, 0.3) is 0 Å². The van der Waals surface area contributed by atoms with E-state index in [-0.39, 0.29) is 11.9 Å². The molecule has 0 bridgehead atoms. The van der Waals surface area contributed by atoms with Crippen LogP contribution >= 0.6 is 0 Å². The molecule has 5 nitrogen and oxygen atoms in total. The maximum absolute atomic E-state index is 11.8. The lowest BCUT2D eigenvalue weighted by Crippen LogP contribution is -2.49. The third-order valence-corrected chi connectivity index (χ3v) is 3.46. The number of carbonyl (C=O) groups excluding carboxylic acids is 1. The molecule has 2 rings (SSSR count). The van der Waals surface area contributed by atoms with Crippen molar-refractivity contribution in [2.45, 2.75) is 38.1 Å². The van der Waals surface area contributed by atoms with Crippen LogP contribution in [0.5, 0.6) is 0 Å². The minimum atomic E-state index is 0.0303. The molecular weight excluding hydrogens is 206 g/mol. The first kappa shape index (κ1) is 11.4. The topological polar surface area (TPSA) is 64.9 Å². The van der Waals surface area contributed by atoms with Crippen LogP contribution in [0.25, 0.3) is 0 Å². The Balaban J connectivity index is 1.94. The molecule has 2 aliphatic rings. The van der Waals surface area contributed by atoms with Crippen molar-refractivity contribution in [2.24, 2.45) is 5.16 Å². The molecule has 0 aliphatic carbocycles. The summed E-state index contributed by atoms with van der Waals surface area (Å²) in [6.45, 7) is 2.47. The molecule has 2 N–H and O–H groups in total. The number of hydrogen-bond donors (Lipinski definition) is 2. The summed E-state index contributed by atoms with van der Waals surface area (Å²) in [5, 5.41) is 14.9. The minimum absolute atomic E-state index is 0.0303. The van der Waals surface area contributed by atoms with E-state index in [0.717, 1.165) is 57.5 Å².